The average molecular weight is 466 g/mol. The number of hydrogen-bond acceptors (Lipinski definition) is 3. The molecule has 26 heavy (non-hydrogen) atoms. The normalized spacial score (nSPS) is 20.2. The maximum Gasteiger partial charge on any atom is 0.0612 e. The van der Waals surface area contributed by atoms with Gasteiger partial charge in [-0.2, -0.15) is 0 Å². The summed E-state index contributed by atoms with van der Waals surface area (Å²) in [4.78, 5) is 5.36. The summed E-state index contributed by atoms with van der Waals surface area (Å²) in [5.74, 6) is 0. The first-order chi connectivity index (χ1) is 11.2. The number of piperazine rings is 1. The van der Waals surface area contributed by atoms with E-state index in [0.29, 0.717) is 10.0 Å². The smallest absolute Gasteiger partial charge is 0.0612 e. The molecule has 152 valence electrons. The van der Waals surface area contributed by atoms with E-state index in [9.17, 15) is 0 Å². The van der Waals surface area contributed by atoms with Crippen LogP contribution in [-0.2, 0) is 0 Å². The predicted molar refractivity (Wildman–Crippen MR) is 122 cm³/mol. The van der Waals surface area contributed by atoms with Crippen LogP contribution in [0.4, 0.5) is 5.69 Å². The fourth-order valence-corrected chi connectivity index (χ4v) is 4.02. The molecule has 0 radical (unpaired) electrons. The van der Waals surface area contributed by atoms with Gasteiger partial charge in [0.25, 0.3) is 0 Å². The summed E-state index contributed by atoms with van der Waals surface area (Å²) in [5, 5.41) is 4.65. The molecule has 0 bridgehead atoms. The first kappa shape index (κ1) is 26.4. The number of benzene rings is 1. The zero-order valence-corrected chi connectivity index (χ0v) is 18.9. The van der Waals surface area contributed by atoms with Crippen molar-refractivity contribution >= 4 is 66.1 Å². The highest BCUT2D eigenvalue weighted by Crippen LogP contribution is 2.25. The number of piperidine rings is 1. The van der Waals surface area contributed by atoms with Crippen molar-refractivity contribution in [1.29, 1.82) is 0 Å². The number of halogens is 5. The van der Waals surface area contributed by atoms with Crippen molar-refractivity contribution in [2.24, 2.45) is 0 Å². The average Bonchev–Trinajstić information content (AvgIpc) is 2.57. The van der Waals surface area contributed by atoms with E-state index < -0.39 is 0 Å². The molecular weight excluding hydrogens is 435 g/mol. The Balaban J connectivity index is 0.00000208. The SMILES string of the molecule is Cl.Cl.Cl.Clc1ccc(NCCCCN2CCN3CCCCC3C2)cc1Cl. The molecule has 8 heteroatoms. The van der Waals surface area contributed by atoms with Crippen LogP contribution in [0.5, 0.6) is 0 Å². The number of nitrogens with one attached hydrogen (secondary N) is 1. The summed E-state index contributed by atoms with van der Waals surface area (Å²) in [6.45, 7) is 7.34. The van der Waals surface area contributed by atoms with Crippen LogP contribution >= 0.6 is 60.4 Å². The molecule has 2 saturated heterocycles. The molecule has 1 aromatic rings. The monoisotopic (exact) mass is 463 g/mol. The largest absolute Gasteiger partial charge is 0.385 e. The van der Waals surface area contributed by atoms with Gasteiger partial charge in [0.05, 0.1) is 10.0 Å². The highest BCUT2D eigenvalue weighted by molar-refractivity contribution is 6.42. The molecule has 2 heterocycles. The lowest BCUT2D eigenvalue weighted by molar-refractivity contribution is 0.0488. The van der Waals surface area contributed by atoms with Crippen molar-refractivity contribution in [3.8, 4) is 0 Å². The number of unbranched alkanes of at least 4 members (excludes halogenated alkanes) is 1. The Morgan fingerprint density at radius 3 is 2.54 bits per heavy atom. The third-order valence-electron chi connectivity index (χ3n) is 5.07. The fourth-order valence-electron chi connectivity index (χ4n) is 3.72. The van der Waals surface area contributed by atoms with Gasteiger partial charge in [-0.1, -0.05) is 29.6 Å². The van der Waals surface area contributed by atoms with Crippen molar-refractivity contribution in [2.75, 3.05) is 44.6 Å². The van der Waals surface area contributed by atoms with Gasteiger partial charge in [0.1, 0.15) is 0 Å². The maximum atomic E-state index is 6.03. The van der Waals surface area contributed by atoms with Crippen LogP contribution in [0.15, 0.2) is 18.2 Å². The van der Waals surface area contributed by atoms with E-state index in [4.69, 9.17) is 23.2 Å². The Bertz CT molecular complexity index is 518. The van der Waals surface area contributed by atoms with E-state index in [2.05, 4.69) is 15.1 Å². The van der Waals surface area contributed by atoms with Crippen LogP contribution in [0.25, 0.3) is 0 Å². The molecule has 0 aliphatic carbocycles. The summed E-state index contributed by atoms with van der Waals surface area (Å²) >= 11 is 12.0. The molecule has 1 unspecified atom stereocenters. The zero-order valence-electron chi connectivity index (χ0n) is 15.0. The quantitative estimate of drug-likeness (QED) is 0.550. The van der Waals surface area contributed by atoms with Crippen molar-refractivity contribution in [3.05, 3.63) is 28.2 Å². The van der Waals surface area contributed by atoms with E-state index in [1.165, 1.54) is 64.8 Å². The van der Waals surface area contributed by atoms with Gasteiger partial charge in [-0.05, 0) is 57.0 Å². The van der Waals surface area contributed by atoms with Gasteiger partial charge in [0, 0.05) is 37.9 Å². The minimum Gasteiger partial charge on any atom is -0.385 e. The fraction of sp³-hybridized carbons (Fsp3) is 0.667. The predicted octanol–water partition coefficient (Wildman–Crippen LogP) is 5.62. The van der Waals surface area contributed by atoms with Crippen molar-refractivity contribution in [2.45, 2.75) is 38.1 Å². The van der Waals surface area contributed by atoms with Crippen molar-refractivity contribution in [3.63, 3.8) is 0 Å². The topological polar surface area (TPSA) is 18.5 Å². The summed E-state index contributed by atoms with van der Waals surface area (Å²) in [5.41, 5.74) is 1.05. The van der Waals surface area contributed by atoms with Crippen LogP contribution in [0.2, 0.25) is 10.0 Å². The molecule has 2 fully saturated rings. The van der Waals surface area contributed by atoms with Gasteiger partial charge in [0.15, 0.2) is 0 Å². The molecule has 0 amide bonds. The Kier molecular flexibility index (Phi) is 13.8. The third kappa shape index (κ3) is 7.79. The lowest BCUT2D eigenvalue weighted by Gasteiger charge is -2.44. The van der Waals surface area contributed by atoms with Gasteiger partial charge < -0.3 is 10.2 Å². The van der Waals surface area contributed by atoms with Crippen molar-refractivity contribution in [1.82, 2.24) is 9.80 Å². The maximum absolute atomic E-state index is 6.03. The van der Waals surface area contributed by atoms with Crippen LogP contribution in [0.3, 0.4) is 0 Å². The van der Waals surface area contributed by atoms with Crippen LogP contribution in [0, 0.1) is 0 Å². The second-order valence-corrected chi connectivity index (χ2v) is 7.56. The number of fused-ring (bicyclic) bond motifs is 1. The van der Waals surface area contributed by atoms with Crippen molar-refractivity contribution < 1.29 is 0 Å². The number of hydrogen-bond donors (Lipinski definition) is 1. The summed E-state index contributed by atoms with van der Waals surface area (Å²) < 4.78 is 0. The molecule has 0 spiro atoms. The van der Waals surface area contributed by atoms with E-state index >= 15 is 0 Å². The third-order valence-corrected chi connectivity index (χ3v) is 5.81. The van der Waals surface area contributed by atoms with Gasteiger partial charge in [-0.3, -0.25) is 4.90 Å². The zero-order chi connectivity index (χ0) is 16.1. The number of rotatable bonds is 6. The van der Waals surface area contributed by atoms with Gasteiger partial charge in [-0.25, -0.2) is 0 Å². The molecule has 3 nitrogen and oxygen atoms in total. The highest BCUT2D eigenvalue weighted by Gasteiger charge is 2.28. The molecule has 0 saturated carbocycles. The van der Waals surface area contributed by atoms with Gasteiger partial charge in [0.2, 0.25) is 0 Å². The molecule has 1 atom stereocenters. The number of anilines is 1. The lowest BCUT2D eigenvalue weighted by Crippen LogP contribution is -2.54. The standard InChI is InChI=1S/C18H27Cl2N3.3ClH/c19-17-7-6-15(13-18(17)20)21-8-2-4-9-22-11-12-23-10-3-1-5-16(23)14-22;;;/h6-7,13,16,21H,1-5,8-12,14H2;3*1H. The minimum absolute atomic E-state index is 0. The first-order valence-corrected chi connectivity index (χ1v) is 9.63. The molecule has 0 aromatic heterocycles. The number of nitrogens with zero attached hydrogens (tertiary/aromatic N) is 2. The molecule has 3 rings (SSSR count). The Hall–Kier alpha value is 0.390. The summed E-state index contributed by atoms with van der Waals surface area (Å²) in [7, 11) is 0. The van der Waals surface area contributed by atoms with Gasteiger partial charge >= 0.3 is 0 Å². The van der Waals surface area contributed by atoms with E-state index in [1.54, 1.807) is 0 Å². The first-order valence-electron chi connectivity index (χ1n) is 8.88. The Morgan fingerprint density at radius 1 is 0.962 bits per heavy atom. The van der Waals surface area contributed by atoms with E-state index in [-0.39, 0.29) is 37.2 Å². The summed E-state index contributed by atoms with van der Waals surface area (Å²) in [6.07, 6.45) is 6.65. The van der Waals surface area contributed by atoms with Gasteiger partial charge in [-0.15, -0.1) is 37.2 Å². The van der Waals surface area contributed by atoms with E-state index in [0.717, 1.165) is 18.3 Å². The second-order valence-electron chi connectivity index (χ2n) is 6.75. The second kappa shape index (κ2) is 13.5. The molecule has 1 N–H and O–H groups in total. The molecule has 1 aromatic carbocycles. The Morgan fingerprint density at radius 2 is 1.77 bits per heavy atom. The Labute approximate surface area is 186 Å². The van der Waals surface area contributed by atoms with Crippen LogP contribution in [0.1, 0.15) is 32.1 Å². The minimum atomic E-state index is 0. The van der Waals surface area contributed by atoms with Crippen LogP contribution < -0.4 is 5.32 Å². The molecular formula is C18H30Cl5N3. The van der Waals surface area contributed by atoms with Crippen LogP contribution in [-0.4, -0.2) is 55.1 Å². The molecule has 2 aliphatic heterocycles. The highest BCUT2D eigenvalue weighted by atomic mass is 35.5. The lowest BCUT2D eigenvalue weighted by atomic mass is 9.99. The molecule has 2 aliphatic rings. The summed E-state index contributed by atoms with van der Waals surface area (Å²) in [6, 6.07) is 6.55. The van der Waals surface area contributed by atoms with E-state index in [1.807, 2.05) is 18.2 Å².